The second-order valence-electron chi connectivity index (χ2n) is 3.25. The number of fused-ring (bicyclic) bond motifs is 1. The van der Waals surface area contributed by atoms with Crippen molar-refractivity contribution in [3.8, 4) is 5.75 Å². The largest absolute Gasteiger partial charge is 0.493 e. The fourth-order valence-corrected chi connectivity index (χ4v) is 2.82. The van der Waals surface area contributed by atoms with Gasteiger partial charge in [-0.05, 0) is 6.07 Å². The van der Waals surface area contributed by atoms with E-state index in [0.29, 0.717) is 6.61 Å². The van der Waals surface area contributed by atoms with E-state index in [2.05, 4.69) is 0 Å². The molecule has 0 aliphatic carbocycles. The van der Waals surface area contributed by atoms with Crippen LogP contribution in [0.5, 0.6) is 5.75 Å². The summed E-state index contributed by atoms with van der Waals surface area (Å²) in [6.45, 7) is 0.394. The standard InChI is InChI=1S/C9H9ClO3S/c10-14(11,12)6-7-5-13-9-4-2-1-3-8(7)9/h1-4,7H,5-6H2. The highest BCUT2D eigenvalue weighted by atomic mass is 35.7. The SMILES string of the molecule is O=S(=O)(Cl)CC1COc2ccccc21. The van der Waals surface area contributed by atoms with E-state index in [1.165, 1.54) is 0 Å². The Morgan fingerprint density at radius 1 is 1.43 bits per heavy atom. The van der Waals surface area contributed by atoms with Gasteiger partial charge in [0, 0.05) is 22.2 Å². The number of hydrogen-bond acceptors (Lipinski definition) is 3. The molecule has 1 heterocycles. The Morgan fingerprint density at radius 3 is 2.86 bits per heavy atom. The van der Waals surface area contributed by atoms with Crippen LogP contribution in [0.2, 0.25) is 0 Å². The lowest BCUT2D eigenvalue weighted by Gasteiger charge is -2.04. The van der Waals surface area contributed by atoms with E-state index in [1.807, 2.05) is 24.3 Å². The highest BCUT2D eigenvalue weighted by Crippen LogP contribution is 2.34. The molecule has 0 N–H and O–H groups in total. The third-order valence-electron chi connectivity index (χ3n) is 2.20. The van der Waals surface area contributed by atoms with E-state index in [0.717, 1.165) is 11.3 Å². The van der Waals surface area contributed by atoms with Crippen molar-refractivity contribution in [2.45, 2.75) is 5.92 Å². The van der Waals surface area contributed by atoms with E-state index in [4.69, 9.17) is 15.4 Å². The Balaban J connectivity index is 2.27. The molecule has 0 saturated carbocycles. The summed E-state index contributed by atoms with van der Waals surface area (Å²) in [6.07, 6.45) is 0. The first-order valence-corrected chi connectivity index (χ1v) is 6.68. The topological polar surface area (TPSA) is 43.4 Å². The zero-order valence-corrected chi connectivity index (χ0v) is 8.88. The van der Waals surface area contributed by atoms with Gasteiger partial charge in [0.25, 0.3) is 0 Å². The van der Waals surface area contributed by atoms with E-state index in [9.17, 15) is 8.42 Å². The third kappa shape index (κ3) is 2.01. The molecule has 1 atom stereocenters. The molecule has 1 aromatic carbocycles. The van der Waals surface area contributed by atoms with Gasteiger partial charge in [0.2, 0.25) is 9.05 Å². The first-order chi connectivity index (χ1) is 6.56. The number of hydrogen-bond donors (Lipinski definition) is 0. The van der Waals surface area contributed by atoms with Gasteiger partial charge in [0.1, 0.15) is 5.75 Å². The minimum atomic E-state index is -3.46. The summed E-state index contributed by atoms with van der Waals surface area (Å²) in [5.74, 6) is 0.567. The van der Waals surface area contributed by atoms with Crippen molar-refractivity contribution >= 4 is 19.7 Å². The number of ether oxygens (including phenoxy) is 1. The van der Waals surface area contributed by atoms with Crippen molar-refractivity contribution in [2.75, 3.05) is 12.4 Å². The molecule has 1 aliphatic heterocycles. The smallest absolute Gasteiger partial charge is 0.233 e. The second-order valence-corrected chi connectivity index (χ2v) is 6.07. The molecular weight excluding hydrogens is 224 g/mol. The van der Waals surface area contributed by atoms with Gasteiger partial charge in [-0.2, -0.15) is 0 Å². The van der Waals surface area contributed by atoms with Crippen LogP contribution in [0, 0.1) is 0 Å². The Hall–Kier alpha value is -0.740. The van der Waals surface area contributed by atoms with Crippen LogP contribution in [-0.4, -0.2) is 20.8 Å². The van der Waals surface area contributed by atoms with Gasteiger partial charge in [-0.1, -0.05) is 18.2 Å². The van der Waals surface area contributed by atoms with Crippen LogP contribution in [0.1, 0.15) is 11.5 Å². The summed E-state index contributed by atoms with van der Waals surface area (Å²) in [5.41, 5.74) is 0.928. The molecule has 14 heavy (non-hydrogen) atoms. The summed E-state index contributed by atoms with van der Waals surface area (Å²) in [4.78, 5) is 0. The zero-order chi connectivity index (χ0) is 10.2. The quantitative estimate of drug-likeness (QED) is 0.730. The van der Waals surface area contributed by atoms with Crippen molar-refractivity contribution in [1.29, 1.82) is 0 Å². The molecule has 1 aromatic rings. The Bertz CT molecular complexity index is 441. The predicted molar refractivity (Wildman–Crippen MR) is 54.3 cm³/mol. The summed E-state index contributed by atoms with van der Waals surface area (Å²) in [6, 6.07) is 7.42. The van der Waals surface area contributed by atoms with Gasteiger partial charge in [0.15, 0.2) is 0 Å². The van der Waals surface area contributed by atoms with E-state index >= 15 is 0 Å². The lowest BCUT2D eigenvalue weighted by atomic mass is 10.0. The highest BCUT2D eigenvalue weighted by Gasteiger charge is 2.27. The maximum absolute atomic E-state index is 10.9. The molecule has 3 nitrogen and oxygen atoms in total. The number of halogens is 1. The lowest BCUT2D eigenvalue weighted by Crippen LogP contribution is -2.11. The maximum atomic E-state index is 10.9. The zero-order valence-electron chi connectivity index (χ0n) is 7.31. The van der Waals surface area contributed by atoms with Crippen molar-refractivity contribution in [2.24, 2.45) is 0 Å². The summed E-state index contributed by atoms with van der Waals surface area (Å²) < 4.78 is 27.1. The molecule has 0 fully saturated rings. The average molecular weight is 233 g/mol. The minimum absolute atomic E-state index is 0.0639. The third-order valence-corrected chi connectivity index (χ3v) is 3.38. The van der Waals surface area contributed by atoms with Crippen molar-refractivity contribution < 1.29 is 13.2 Å². The van der Waals surface area contributed by atoms with Crippen molar-refractivity contribution in [1.82, 2.24) is 0 Å². The van der Waals surface area contributed by atoms with Crippen LogP contribution in [0.25, 0.3) is 0 Å². The molecule has 2 rings (SSSR count). The van der Waals surface area contributed by atoms with Gasteiger partial charge < -0.3 is 4.74 Å². The average Bonchev–Trinajstić information content (AvgIpc) is 2.47. The van der Waals surface area contributed by atoms with Crippen LogP contribution < -0.4 is 4.74 Å². The van der Waals surface area contributed by atoms with Crippen LogP contribution in [0.15, 0.2) is 24.3 Å². The fourth-order valence-electron chi connectivity index (χ4n) is 1.61. The molecule has 5 heteroatoms. The molecule has 0 bridgehead atoms. The number of benzene rings is 1. The van der Waals surface area contributed by atoms with Crippen LogP contribution >= 0.6 is 10.7 Å². The van der Waals surface area contributed by atoms with Crippen molar-refractivity contribution in [3.63, 3.8) is 0 Å². The van der Waals surface area contributed by atoms with E-state index < -0.39 is 9.05 Å². The summed E-state index contributed by atoms with van der Waals surface area (Å²) in [7, 11) is 1.74. The molecule has 0 saturated heterocycles. The van der Waals surface area contributed by atoms with Crippen LogP contribution in [0.3, 0.4) is 0 Å². The molecule has 1 unspecified atom stereocenters. The predicted octanol–water partition coefficient (Wildman–Crippen LogP) is 1.73. The van der Waals surface area contributed by atoms with E-state index in [-0.39, 0.29) is 11.7 Å². The Kier molecular flexibility index (Phi) is 2.41. The monoisotopic (exact) mass is 232 g/mol. The highest BCUT2D eigenvalue weighted by molar-refractivity contribution is 8.13. The Labute approximate surface area is 87.1 Å². The summed E-state index contributed by atoms with van der Waals surface area (Å²) >= 11 is 0. The molecule has 0 spiro atoms. The first-order valence-electron chi connectivity index (χ1n) is 4.20. The molecule has 0 radical (unpaired) electrons. The molecular formula is C9H9ClO3S. The van der Waals surface area contributed by atoms with Gasteiger partial charge >= 0.3 is 0 Å². The second kappa shape index (κ2) is 3.44. The normalized spacial score (nSPS) is 20.2. The Morgan fingerprint density at radius 2 is 2.14 bits per heavy atom. The first kappa shape index (κ1) is 9.80. The molecule has 1 aliphatic rings. The molecule has 0 amide bonds. The van der Waals surface area contributed by atoms with Gasteiger partial charge in [0.05, 0.1) is 12.4 Å². The van der Waals surface area contributed by atoms with Gasteiger partial charge in [-0.15, -0.1) is 0 Å². The molecule has 0 aromatic heterocycles. The summed E-state index contributed by atoms with van der Waals surface area (Å²) in [5, 5.41) is 0. The molecule has 76 valence electrons. The minimum Gasteiger partial charge on any atom is -0.493 e. The van der Waals surface area contributed by atoms with E-state index in [1.54, 1.807) is 0 Å². The number of para-hydroxylation sites is 1. The lowest BCUT2D eigenvalue weighted by molar-refractivity contribution is 0.338. The van der Waals surface area contributed by atoms with Crippen LogP contribution in [0.4, 0.5) is 0 Å². The number of rotatable bonds is 2. The van der Waals surface area contributed by atoms with Crippen LogP contribution in [-0.2, 0) is 9.05 Å². The maximum Gasteiger partial charge on any atom is 0.233 e. The fraction of sp³-hybridized carbons (Fsp3) is 0.333. The van der Waals surface area contributed by atoms with Gasteiger partial charge in [-0.25, -0.2) is 8.42 Å². The van der Waals surface area contributed by atoms with Gasteiger partial charge in [-0.3, -0.25) is 0 Å². The van der Waals surface area contributed by atoms with Crippen molar-refractivity contribution in [3.05, 3.63) is 29.8 Å².